The highest BCUT2D eigenvalue weighted by Gasteiger charge is 2.55. The van der Waals surface area contributed by atoms with Gasteiger partial charge in [-0.25, -0.2) is 0 Å². The number of rotatable bonds is 13. The van der Waals surface area contributed by atoms with Crippen LogP contribution in [0.5, 0.6) is 0 Å². The minimum Gasteiger partial charge on any atom is -0.310 e. The fourth-order valence-electron chi connectivity index (χ4n) is 15.8. The van der Waals surface area contributed by atoms with Gasteiger partial charge in [0.25, 0.3) is 6.71 Å². The molecule has 3 aliphatic heterocycles. The maximum atomic E-state index is 2.85. The maximum Gasteiger partial charge on any atom is 0.252 e. The van der Waals surface area contributed by atoms with E-state index in [1.54, 1.807) is 0 Å². The van der Waals surface area contributed by atoms with Gasteiger partial charge in [-0.05, 0) is 189 Å². The van der Waals surface area contributed by atoms with Crippen LogP contribution in [0.3, 0.4) is 0 Å². The minimum absolute atomic E-state index is 0.0298. The Morgan fingerprint density at radius 2 is 0.847 bits per heavy atom. The lowest BCUT2D eigenvalue weighted by molar-refractivity contribution is 0.639. The van der Waals surface area contributed by atoms with Crippen molar-refractivity contribution in [2.24, 2.45) is 0 Å². The Hall–Kier alpha value is -6.58. The molecule has 2 nitrogen and oxygen atoms in total. The van der Waals surface area contributed by atoms with Crippen LogP contribution >= 0.6 is 0 Å². The van der Waals surface area contributed by atoms with Crippen molar-refractivity contribution < 1.29 is 0 Å². The van der Waals surface area contributed by atoms with E-state index >= 15 is 0 Å². The molecular weight excluding hydrogens is 868 g/mol. The fourth-order valence-corrected chi connectivity index (χ4v) is 15.8. The fraction of sp³-hybridized carbons (Fsp3) is 0.304. The highest BCUT2D eigenvalue weighted by atomic mass is 15.1. The second-order valence-electron chi connectivity index (χ2n) is 22.2. The molecule has 8 aromatic carbocycles. The minimum atomic E-state index is -0.554. The van der Waals surface area contributed by atoms with E-state index in [9.17, 15) is 0 Å². The molecule has 14 rings (SSSR count). The van der Waals surface area contributed by atoms with E-state index in [-0.39, 0.29) is 6.71 Å². The maximum absolute atomic E-state index is 2.85. The van der Waals surface area contributed by atoms with Crippen molar-refractivity contribution in [1.82, 2.24) is 9.13 Å². The smallest absolute Gasteiger partial charge is 0.252 e. The Kier molecular flexibility index (Phi) is 9.94. The summed E-state index contributed by atoms with van der Waals surface area (Å²) >= 11 is 0. The Balaban J connectivity index is 1.28. The van der Waals surface area contributed by atoms with E-state index in [0.29, 0.717) is 23.7 Å². The van der Waals surface area contributed by atoms with E-state index < -0.39 is 5.41 Å². The van der Waals surface area contributed by atoms with Gasteiger partial charge in [-0.2, -0.15) is 0 Å². The number of fused-ring (bicyclic) bond motifs is 14. The summed E-state index contributed by atoms with van der Waals surface area (Å²) in [6, 6.07) is 56.9. The van der Waals surface area contributed by atoms with Gasteiger partial charge < -0.3 is 9.13 Å². The molecule has 3 heteroatoms. The standard InChI is InChI=1S/C69H67BN2/c1-9-40(10-2)45-30-31-62-52(32-45)53-34-47(42(13-5)14-6)37-60-65(53)71(62)67-51(44-24-18-17-19-25-44)39-59-68-63(67)70(60)61-38-48(43(15-7)16-8)35-55-54-33-46(41(11-3)12-4)36-58(64(54)72(68)66(55)61)69(59)56-28-22-20-26-49(56)50-27-21-23-29-57(50)69/h17-43H,9-16H2,1-8H3. The third-order valence-corrected chi connectivity index (χ3v) is 19.3. The molecule has 1 spiro atoms. The molecule has 356 valence electrons. The van der Waals surface area contributed by atoms with E-state index in [4.69, 9.17) is 0 Å². The first kappa shape index (κ1) is 44.2. The van der Waals surface area contributed by atoms with E-state index in [1.165, 1.54) is 138 Å². The topological polar surface area (TPSA) is 9.86 Å². The molecule has 1 aliphatic carbocycles. The Bertz CT molecular complexity index is 3840. The predicted molar refractivity (Wildman–Crippen MR) is 309 cm³/mol. The summed E-state index contributed by atoms with van der Waals surface area (Å²) in [5.74, 6) is 1.93. The van der Waals surface area contributed by atoms with Crippen molar-refractivity contribution in [3.63, 3.8) is 0 Å². The lowest BCUT2D eigenvalue weighted by Gasteiger charge is -2.45. The van der Waals surface area contributed by atoms with Crippen LogP contribution in [0.1, 0.15) is 175 Å². The average Bonchev–Trinajstić information content (AvgIpc) is 4.06. The second kappa shape index (κ2) is 16.2. The first-order valence-electron chi connectivity index (χ1n) is 28.1. The van der Waals surface area contributed by atoms with Crippen LogP contribution in [-0.2, 0) is 5.41 Å². The summed E-state index contributed by atoms with van der Waals surface area (Å²) in [5, 5.41) is 5.69. The highest BCUT2D eigenvalue weighted by Crippen LogP contribution is 2.63. The van der Waals surface area contributed by atoms with E-state index in [0.717, 1.165) is 51.4 Å². The Morgan fingerprint density at radius 1 is 0.375 bits per heavy atom. The number of hydrogen-bond donors (Lipinski definition) is 0. The van der Waals surface area contributed by atoms with Crippen molar-refractivity contribution in [3.05, 3.63) is 184 Å². The van der Waals surface area contributed by atoms with Gasteiger partial charge in [0.2, 0.25) is 0 Å². The second-order valence-corrected chi connectivity index (χ2v) is 22.2. The zero-order valence-electron chi connectivity index (χ0n) is 43.7. The molecule has 0 unspecified atom stereocenters. The van der Waals surface area contributed by atoms with Crippen LogP contribution in [0.25, 0.3) is 77.2 Å². The van der Waals surface area contributed by atoms with Crippen molar-refractivity contribution >= 4 is 66.7 Å². The van der Waals surface area contributed by atoms with Gasteiger partial charge in [-0.15, -0.1) is 0 Å². The van der Waals surface area contributed by atoms with Crippen LogP contribution in [0.15, 0.2) is 140 Å². The largest absolute Gasteiger partial charge is 0.310 e. The summed E-state index contributed by atoms with van der Waals surface area (Å²) in [7, 11) is 0. The van der Waals surface area contributed by atoms with Crippen LogP contribution in [0, 0.1) is 0 Å². The van der Waals surface area contributed by atoms with Gasteiger partial charge in [0.1, 0.15) is 0 Å². The highest BCUT2D eigenvalue weighted by molar-refractivity contribution is 7.00. The number of hydrogen-bond acceptors (Lipinski definition) is 0. The molecule has 0 radical (unpaired) electrons. The average molecular weight is 935 g/mol. The molecule has 0 amide bonds. The molecule has 0 saturated heterocycles. The van der Waals surface area contributed by atoms with Gasteiger partial charge in [0.05, 0.1) is 22.1 Å². The quantitative estimate of drug-likeness (QED) is 0.102. The molecule has 0 fully saturated rings. The molecule has 10 aromatic rings. The third-order valence-electron chi connectivity index (χ3n) is 19.3. The molecule has 0 N–H and O–H groups in total. The zero-order chi connectivity index (χ0) is 48.9. The number of nitrogens with zero attached hydrogens (tertiary/aromatic N) is 2. The summed E-state index contributed by atoms with van der Waals surface area (Å²) in [4.78, 5) is 0. The lowest BCUT2D eigenvalue weighted by atomic mass is 9.33. The van der Waals surface area contributed by atoms with Crippen LogP contribution in [0.2, 0.25) is 0 Å². The first-order chi connectivity index (χ1) is 35.4. The molecule has 0 atom stereocenters. The summed E-state index contributed by atoms with van der Waals surface area (Å²) < 4.78 is 5.63. The van der Waals surface area contributed by atoms with E-state index in [2.05, 4.69) is 204 Å². The molecule has 72 heavy (non-hydrogen) atoms. The molecular formula is C69H67BN2. The monoisotopic (exact) mass is 935 g/mol. The Morgan fingerprint density at radius 3 is 1.42 bits per heavy atom. The van der Waals surface area contributed by atoms with Crippen LogP contribution < -0.4 is 16.4 Å². The zero-order valence-corrected chi connectivity index (χ0v) is 43.7. The normalized spacial score (nSPS) is 14.3. The van der Waals surface area contributed by atoms with Crippen molar-refractivity contribution in [1.29, 1.82) is 0 Å². The first-order valence-corrected chi connectivity index (χ1v) is 28.1. The third kappa shape index (κ3) is 5.48. The van der Waals surface area contributed by atoms with Crippen LogP contribution in [0.4, 0.5) is 0 Å². The SMILES string of the molecule is CCC(CC)c1ccc2c(c1)c1cc(C(CC)CC)cc3c1n2-c1c(-c2ccccc2)cc2c4c1B3c1cc(C(CC)CC)cc3c5cc(C(CC)CC)cc(c5n-4c13)C21c2ccccc2-c2ccccc21. The number of aromatic nitrogens is 2. The predicted octanol–water partition coefficient (Wildman–Crippen LogP) is 17.0. The van der Waals surface area contributed by atoms with E-state index in [1.807, 2.05) is 0 Å². The molecule has 0 bridgehead atoms. The van der Waals surface area contributed by atoms with Gasteiger partial charge in [0.15, 0.2) is 0 Å². The lowest BCUT2D eigenvalue weighted by Crippen LogP contribution is -2.61. The van der Waals surface area contributed by atoms with Crippen LogP contribution in [-0.4, -0.2) is 15.8 Å². The summed E-state index contributed by atoms with van der Waals surface area (Å²) in [6.07, 6.45) is 9.01. The van der Waals surface area contributed by atoms with Crippen molar-refractivity contribution in [3.8, 4) is 33.6 Å². The van der Waals surface area contributed by atoms with Gasteiger partial charge in [0, 0.05) is 43.8 Å². The Labute approximate surface area is 427 Å². The van der Waals surface area contributed by atoms with Gasteiger partial charge in [-0.1, -0.05) is 159 Å². The summed E-state index contributed by atoms with van der Waals surface area (Å²) in [6.45, 7) is 19.2. The van der Waals surface area contributed by atoms with Gasteiger partial charge >= 0.3 is 0 Å². The van der Waals surface area contributed by atoms with Crippen molar-refractivity contribution in [2.75, 3.05) is 0 Å². The molecule has 5 heterocycles. The molecule has 2 aromatic heterocycles. The molecule has 4 aliphatic rings. The molecule has 0 saturated carbocycles. The number of benzene rings is 8. The van der Waals surface area contributed by atoms with Gasteiger partial charge in [-0.3, -0.25) is 0 Å². The van der Waals surface area contributed by atoms with Crippen molar-refractivity contribution in [2.45, 2.75) is 136 Å². The summed E-state index contributed by atoms with van der Waals surface area (Å²) in [5.41, 5.74) is 29.2.